The van der Waals surface area contributed by atoms with E-state index in [0.29, 0.717) is 6.07 Å². The van der Waals surface area contributed by atoms with Crippen molar-refractivity contribution in [1.29, 1.82) is 0 Å². The minimum absolute atomic E-state index is 0.0550. The van der Waals surface area contributed by atoms with Crippen molar-refractivity contribution in [1.82, 2.24) is 0 Å². The lowest BCUT2D eigenvalue weighted by Crippen LogP contribution is -2.04. The molecule has 0 saturated heterocycles. The summed E-state index contributed by atoms with van der Waals surface area (Å²) >= 11 is 11.7. The summed E-state index contributed by atoms with van der Waals surface area (Å²) < 4.78 is 26.3. The molecule has 1 atom stereocenters. The van der Waals surface area contributed by atoms with Crippen molar-refractivity contribution >= 4 is 23.2 Å². The number of hydrogen-bond acceptors (Lipinski definition) is 1. The van der Waals surface area contributed by atoms with Crippen LogP contribution in [0.5, 0.6) is 0 Å². The highest BCUT2D eigenvalue weighted by Gasteiger charge is 2.19. The molecule has 0 bridgehead atoms. The molecule has 0 aliphatic rings. The largest absolute Gasteiger partial charge is 0.383 e. The van der Waals surface area contributed by atoms with Gasteiger partial charge in [-0.25, -0.2) is 8.78 Å². The van der Waals surface area contributed by atoms with E-state index in [1.165, 1.54) is 12.1 Å². The Hall–Kier alpha value is -1.16. The number of benzene rings is 2. The van der Waals surface area contributed by atoms with Gasteiger partial charge in [0.05, 0.1) is 10.0 Å². The Bertz CT molecular complexity index is 587. The quantitative estimate of drug-likeness (QED) is 0.871. The van der Waals surface area contributed by atoms with Gasteiger partial charge in [-0.15, -0.1) is 0 Å². The lowest BCUT2D eigenvalue weighted by atomic mass is 10.0. The fourth-order valence-corrected chi connectivity index (χ4v) is 2.03. The minimum atomic E-state index is -1.29. The van der Waals surface area contributed by atoms with E-state index in [0.717, 1.165) is 6.07 Å². The standard InChI is InChI=1S/C13H8Cl2F2O/c14-10-3-1-2-9(12(10)15)13(18)8-5-4-7(16)6-11(8)17/h1-6,13,18H. The van der Waals surface area contributed by atoms with Crippen LogP contribution in [0.4, 0.5) is 8.78 Å². The highest BCUT2D eigenvalue weighted by molar-refractivity contribution is 6.42. The Morgan fingerprint density at radius 2 is 1.72 bits per heavy atom. The highest BCUT2D eigenvalue weighted by Crippen LogP contribution is 2.33. The number of rotatable bonds is 2. The molecule has 0 heterocycles. The van der Waals surface area contributed by atoms with E-state index < -0.39 is 17.7 Å². The van der Waals surface area contributed by atoms with Crippen LogP contribution in [-0.2, 0) is 0 Å². The second kappa shape index (κ2) is 5.22. The second-order valence-electron chi connectivity index (χ2n) is 3.71. The van der Waals surface area contributed by atoms with Crippen LogP contribution in [0.3, 0.4) is 0 Å². The Morgan fingerprint density at radius 1 is 1.00 bits per heavy atom. The Kier molecular flexibility index (Phi) is 3.85. The summed E-state index contributed by atoms with van der Waals surface area (Å²) in [6.45, 7) is 0. The lowest BCUT2D eigenvalue weighted by molar-refractivity contribution is 0.215. The summed E-state index contributed by atoms with van der Waals surface area (Å²) in [6, 6.07) is 7.63. The van der Waals surface area contributed by atoms with Crippen LogP contribution in [0.2, 0.25) is 10.0 Å². The predicted octanol–water partition coefficient (Wildman–Crippen LogP) is 4.35. The highest BCUT2D eigenvalue weighted by atomic mass is 35.5. The first-order valence-electron chi connectivity index (χ1n) is 5.07. The monoisotopic (exact) mass is 288 g/mol. The molecule has 5 heteroatoms. The summed E-state index contributed by atoms with van der Waals surface area (Å²) in [4.78, 5) is 0. The third-order valence-corrected chi connectivity index (χ3v) is 3.37. The zero-order valence-electron chi connectivity index (χ0n) is 9.00. The van der Waals surface area contributed by atoms with Crippen molar-refractivity contribution in [2.45, 2.75) is 6.10 Å². The van der Waals surface area contributed by atoms with Crippen LogP contribution in [0.25, 0.3) is 0 Å². The first kappa shape index (κ1) is 13.3. The Balaban J connectivity index is 2.48. The third-order valence-electron chi connectivity index (χ3n) is 2.53. The van der Waals surface area contributed by atoms with E-state index in [1.54, 1.807) is 12.1 Å². The molecule has 2 aromatic rings. The zero-order valence-corrected chi connectivity index (χ0v) is 10.5. The summed E-state index contributed by atoms with van der Waals surface area (Å²) in [7, 11) is 0. The van der Waals surface area contributed by atoms with Gasteiger partial charge in [0, 0.05) is 17.2 Å². The summed E-state index contributed by atoms with van der Waals surface area (Å²) in [5.41, 5.74) is 0.218. The second-order valence-corrected chi connectivity index (χ2v) is 4.50. The van der Waals surface area contributed by atoms with E-state index in [1.807, 2.05) is 0 Å². The average molecular weight is 289 g/mol. The molecule has 94 valence electrons. The van der Waals surface area contributed by atoms with E-state index in [9.17, 15) is 13.9 Å². The number of aliphatic hydroxyl groups excluding tert-OH is 1. The predicted molar refractivity (Wildman–Crippen MR) is 66.9 cm³/mol. The van der Waals surface area contributed by atoms with Gasteiger partial charge in [0.15, 0.2) is 0 Å². The van der Waals surface area contributed by atoms with Crippen LogP contribution >= 0.6 is 23.2 Å². The van der Waals surface area contributed by atoms with Gasteiger partial charge in [-0.05, 0) is 12.1 Å². The fraction of sp³-hybridized carbons (Fsp3) is 0.0769. The average Bonchev–Trinajstić information content (AvgIpc) is 2.32. The molecular weight excluding hydrogens is 281 g/mol. The molecule has 0 radical (unpaired) electrons. The van der Waals surface area contributed by atoms with E-state index in [-0.39, 0.29) is 21.2 Å². The molecule has 0 fully saturated rings. The van der Waals surface area contributed by atoms with Crippen LogP contribution in [-0.4, -0.2) is 5.11 Å². The molecule has 1 unspecified atom stereocenters. The van der Waals surface area contributed by atoms with E-state index in [4.69, 9.17) is 23.2 Å². The Labute approximate surface area is 113 Å². The van der Waals surface area contributed by atoms with E-state index >= 15 is 0 Å². The molecule has 0 aromatic heterocycles. The van der Waals surface area contributed by atoms with Gasteiger partial charge < -0.3 is 5.11 Å². The van der Waals surface area contributed by atoms with Gasteiger partial charge >= 0.3 is 0 Å². The maximum atomic E-state index is 13.5. The van der Waals surface area contributed by atoms with Crippen LogP contribution in [0.1, 0.15) is 17.2 Å². The van der Waals surface area contributed by atoms with Gasteiger partial charge in [-0.2, -0.15) is 0 Å². The maximum Gasteiger partial charge on any atom is 0.132 e. The molecule has 2 rings (SSSR count). The van der Waals surface area contributed by atoms with Crippen molar-refractivity contribution in [2.24, 2.45) is 0 Å². The van der Waals surface area contributed by atoms with Crippen LogP contribution < -0.4 is 0 Å². The molecule has 0 spiro atoms. The van der Waals surface area contributed by atoms with Gasteiger partial charge in [-0.1, -0.05) is 41.4 Å². The van der Waals surface area contributed by atoms with Gasteiger partial charge in [-0.3, -0.25) is 0 Å². The molecule has 0 saturated carbocycles. The molecule has 1 nitrogen and oxygen atoms in total. The third kappa shape index (κ3) is 2.48. The molecule has 0 aliphatic heterocycles. The number of aliphatic hydroxyl groups is 1. The summed E-state index contributed by atoms with van der Waals surface area (Å²) in [6.07, 6.45) is -1.29. The molecule has 0 aliphatic carbocycles. The van der Waals surface area contributed by atoms with Crippen molar-refractivity contribution < 1.29 is 13.9 Å². The van der Waals surface area contributed by atoms with Gasteiger partial charge in [0.25, 0.3) is 0 Å². The van der Waals surface area contributed by atoms with Crippen molar-refractivity contribution in [3.05, 3.63) is 69.2 Å². The van der Waals surface area contributed by atoms with Crippen LogP contribution in [0.15, 0.2) is 36.4 Å². The topological polar surface area (TPSA) is 20.2 Å². The number of halogens is 4. The SMILES string of the molecule is OC(c1ccc(F)cc1F)c1cccc(Cl)c1Cl. The molecule has 18 heavy (non-hydrogen) atoms. The van der Waals surface area contributed by atoms with Gasteiger partial charge in [0.1, 0.15) is 17.7 Å². The molecule has 0 amide bonds. The number of hydrogen-bond donors (Lipinski definition) is 1. The van der Waals surface area contributed by atoms with Crippen molar-refractivity contribution in [2.75, 3.05) is 0 Å². The van der Waals surface area contributed by atoms with Crippen molar-refractivity contribution in [3.8, 4) is 0 Å². The summed E-state index contributed by atoms with van der Waals surface area (Å²) in [5.74, 6) is -1.54. The molecule has 1 N–H and O–H groups in total. The normalized spacial score (nSPS) is 12.5. The van der Waals surface area contributed by atoms with Gasteiger partial charge in [0.2, 0.25) is 0 Å². The zero-order chi connectivity index (χ0) is 13.3. The van der Waals surface area contributed by atoms with Crippen molar-refractivity contribution in [3.63, 3.8) is 0 Å². The first-order chi connectivity index (χ1) is 8.50. The minimum Gasteiger partial charge on any atom is -0.383 e. The molecule has 2 aromatic carbocycles. The Morgan fingerprint density at radius 3 is 2.39 bits per heavy atom. The van der Waals surface area contributed by atoms with E-state index in [2.05, 4.69) is 0 Å². The lowest BCUT2D eigenvalue weighted by Gasteiger charge is -2.14. The smallest absolute Gasteiger partial charge is 0.132 e. The first-order valence-corrected chi connectivity index (χ1v) is 5.83. The van der Waals surface area contributed by atoms with Crippen LogP contribution in [0, 0.1) is 11.6 Å². The summed E-state index contributed by atoms with van der Waals surface area (Å²) in [5, 5.41) is 10.5. The fourth-order valence-electron chi connectivity index (χ4n) is 1.62. The maximum absolute atomic E-state index is 13.5. The molecular formula is C13H8Cl2F2O.